The van der Waals surface area contributed by atoms with E-state index in [9.17, 15) is 24.0 Å². The fourth-order valence-corrected chi connectivity index (χ4v) is 13.9. The predicted octanol–water partition coefficient (Wildman–Crippen LogP) is 10.7. The van der Waals surface area contributed by atoms with Crippen molar-refractivity contribution in [1.29, 1.82) is 0 Å². The zero-order valence-electron chi connectivity index (χ0n) is 68.6. The Morgan fingerprint density at radius 1 is 0.407 bits per heavy atom. The lowest BCUT2D eigenvalue weighted by Crippen LogP contribution is -2.18. The highest BCUT2D eigenvalue weighted by Crippen LogP contribution is 2.44. The predicted molar refractivity (Wildman–Crippen MR) is 455 cm³/mol. The van der Waals surface area contributed by atoms with Gasteiger partial charge in [-0.3, -0.25) is 47.4 Å². The number of carbonyl (C=O) groups is 5. The number of hydrogen-bond acceptors (Lipinski definition) is 28. The second-order valence-electron chi connectivity index (χ2n) is 30.0. The highest BCUT2D eigenvalue weighted by molar-refractivity contribution is 6.05. The molecule has 4 saturated carbocycles. The van der Waals surface area contributed by atoms with Gasteiger partial charge in [-0.1, -0.05) is 24.3 Å². The lowest BCUT2D eigenvalue weighted by molar-refractivity contribution is -0.118. The number of rotatable bonds is 24. The van der Waals surface area contributed by atoms with Crippen LogP contribution in [0.1, 0.15) is 67.4 Å². The summed E-state index contributed by atoms with van der Waals surface area (Å²) in [6, 6.07) is 31.5. The molecule has 12 heterocycles. The number of carbonyl (C=O) groups excluding carboxylic acids is 5. The second kappa shape index (κ2) is 33.9. The fraction of sp³-hybridized carbons (Fsp3) is 0.277. The van der Waals surface area contributed by atoms with Crippen LogP contribution in [0.3, 0.4) is 0 Å². The molecule has 0 atom stereocenters. The standard InChI is InChI=1S/C22H23N7O3.C21H22N8O2.2C20H20N8O2/c1-28-10-16-18(22(28)31)15(9-17(25-16)26-21(30)12-7-8-12)24-14-6-4-5-13(19(14)32-3)20-23-11-29(2)27-20;1-28-10-14-16(9-17(24-20(14)27-28)25-21(30)12-7-8-12)23-15-6-4-5-13(18(15)31-3)19-22-11-29(2)26-19;1-27-11-22-18(26-27)13-4-3-5-14(17(13)30-2)23-15-10-16(24-20(29)12-6-7-12)25-28-9-8-21-19(15)28;1-27-11-21-19(26-27)13-4-3-5-14(18(13)30-2)23-17-10-15(25-20(29)12-6-7-12)24-16-8-9-22-28(16)17/h4-6,9,11-12H,7-8,10H2,1-3H3,(H2,24,25,26,30);4-6,9-12,23H,7-8H2,1-3H3,(H,24,25,27,30);2*3-5,8-12,23H,6-7H2,1-2H3,(H,24,25,29). The third-order valence-electron chi connectivity index (χ3n) is 20.5. The number of hydrogen-bond donors (Lipinski definition) is 8. The largest absolute Gasteiger partial charge is 0.494 e. The van der Waals surface area contributed by atoms with Gasteiger partial charge in [0.05, 0.1) is 120 Å². The highest BCUT2D eigenvalue weighted by Gasteiger charge is 2.36. The SMILES string of the molecule is COc1c(Nc2cc(NC(=O)C3CC3)nc3c2C(=O)N(C)C3)cccc1-c1ncn(C)n1.COc1c(Nc2cc(NC(=O)C3CC3)nc3ccnn23)cccc1-c1ncn(C)n1.COc1c(Nc2cc(NC(=O)C3CC3)nc3nn(C)cc23)cccc1-c1ncn(C)n1.COc1c(Nc2cc(NC(=O)C3CC3)nn3ccnc23)cccc1-c1ncn(C)n1. The van der Waals surface area contributed by atoms with Crippen molar-refractivity contribution in [2.24, 2.45) is 58.9 Å². The van der Waals surface area contributed by atoms with Gasteiger partial charge in [0, 0.05) is 115 Å². The number of nitrogens with zero attached hydrogens (tertiary/aromatic N) is 23. The molecule has 5 amide bonds. The van der Waals surface area contributed by atoms with Crippen LogP contribution >= 0.6 is 0 Å². The van der Waals surface area contributed by atoms with Crippen LogP contribution in [0.5, 0.6) is 23.0 Å². The Hall–Kier alpha value is -15.8. The quantitative estimate of drug-likeness (QED) is 0.0278. The maximum atomic E-state index is 12.8. The van der Waals surface area contributed by atoms with Gasteiger partial charge in [0.15, 0.2) is 69.1 Å². The molecule has 4 fully saturated rings. The molecule has 4 aliphatic carbocycles. The molecule has 0 unspecified atom stereocenters. The molecular formula is C83H85N31O9. The van der Waals surface area contributed by atoms with E-state index >= 15 is 0 Å². The zero-order valence-corrected chi connectivity index (χ0v) is 68.6. The number of imidazole rings is 1. The number of anilines is 12. The van der Waals surface area contributed by atoms with E-state index in [4.69, 9.17) is 18.9 Å². The highest BCUT2D eigenvalue weighted by atomic mass is 16.5. The summed E-state index contributed by atoms with van der Waals surface area (Å²) in [6.45, 7) is 0.380. The monoisotopic (exact) mass is 1660 g/mol. The molecule has 5 aliphatic rings. The molecule has 626 valence electrons. The van der Waals surface area contributed by atoms with Gasteiger partial charge in [-0.2, -0.15) is 35.1 Å². The summed E-state index contributed by atoms with van der Waals surface area (Å²) in [7, 11) is 17.2. The number of para-hydroxylation sites is 4. The van der Waals surface area contributed by atoms with Crippen molar-refractivity contribution in [1.82, 2.24) is 113 Å². The molecule has 40 heteroatoms. The Morgan fingerprint density at radius 2 is 0.813 bits per heavy atom. The molecule has 8 N–H and O–H groups in total. The lowest BCUT2D eigenvalue weighted by Gasteiger charge is -2.16. The minimum atomic E-state index is -0.128. The smallest absolute Gasteiger partial charge is 0.257 e. The van der Waals surface area contributed by atoms with Crippen molar-refractivity contribution in [3.8, 4) is 68.5 Å². The van der Waals surface area contributed by atoms with Crippen molar-refractivity contribution in [3.05, 3.63) is 164 Å². The molecule has 15 aromatic rings. The van der Waals surface area contributed by atoms with Crippen molar-refractivity contribution < 1.29 is 42.9 Å². The van der Waals surface area contributed by atoms with Crippen LogP contribution < -0.4 is 61.5 Å². The van der Waals surface area contributed by atoms with Crippen LogP contribution in [0.4, 0.5) is 68.9 Å². The Morgan fingerprint density at radius 3 is 1.25 bits per heavy atom. The van der Waals surface area contributed by atoms with Crippen molar-refractivity contribution in [3.63, 3.8) is 0 Å². The van der Waals surface area contributed by atoms with E-state index in [1.165, 1.54) is 0 Å². The first kappa shape index (κ1) is 79.7. The van der Waals surface area contributed by atoms with Crippen LogP contribution in [-0.2, 0) is 61.0 Å². The molecule has 20 rings (SSSR count). The third-order valence-corrected chi connectivity index (χ3v) is 20.5. The average molecular weight is 1660 g/mol. The van der Waals surface area contributed by atoms with Gasteiger partial charge in [0.2, 0.25) is 23.6 Å². The normalized spacial score (nSPS) is 13.8. The first-order chi connectivity index (χ1) is 59.7. The van der Waals surface area contributed by atoms with E-state index in [0.717, 1.165) is 96.1 Å². The Balaban J connectivity index is 0.000000116. The minimum absolute atomic E-state index is 0.00174. The van der Waals surface area contributed by atoms with Crippen LogP contribution in [0.25, 0.3) is 67.9 Å². The van der Waals surface area contributed by atoms with Crippen LogP contribution in [0.2, 0.25) is 0 Å². The molecule has 0 bridgehead atoms. The topological polar surface area (TPSA) is 449 Å². The van der Waals surface area contributed by atoms with Gasteiger partial charge in [0.1, 0.15) is 48.6 Å². The Labute approximate surface area is 701 Å². The van der Waals surface area contributed by atoms with Crippen molar-refractivity contribution in [2.75, 3.05) is 78.0 Å². The van der Waals surface area contributed by atoms with E-state index in [0.29, 0.717) is 133 Å². The summed E-state index contributed by atoms with van der Waals surface area (Å²) in [6.07, 6.45) is 20.8. The number of amides is 5. The Bertz CT molecular complexity index is 6370. The summed E-state index contributed by atoms with van der Waals surface area (Å²) in [5, 5.41) is 56.5. The molecule has 123 heavy (non-hydrogen) atoms. The van der Waals surface area contributed by atoms with E-state index in [2.05, 4.69) is 118 Å². The number of pyridine rings is 2. The maximum Gasteiger partial charge on any atom is 0.257 e. The van der Waals surface area contributed by atoms with Gasteiger partial charge < -0.3 is 66.4 Å². The lowest BCUT2D eigenvalue weighted by atomic mass is 10.1. The van der Waals surface area contributed by atoms with Gasteiger partial charge >= 0.3 is 0 Å². The number of ether oxygens (including phenoxy) is 4. The Kier molecular flexibility index (Phi) is 22.0. The summed E-state index contributed by atoms with van der Waals surface area (Å²) in [4.78, 5) is 98.5. The summed E-state index contributed by atoms with van der Waals surface area (Å²) in [5.41, 5.74) is 10.7. The summed E-state index contributed by atoms with van der Waals surface area (Å²) in [5.74, 6) is 7.19. The molecule has 1 aliphatic heterocycles. The molecule has 0 radical (unpaired) electrons. The summed E-state index contributed by atoms with van der Waals surface area (Å²) >= 11 is 0. The van der Waals surface area contributed by atoms with Crippen molar-refractivity contribution in [2.45, 2.75) is 57.9 Å². The van der Waals surface area contributed by atoms with E-state index in [-0.39, 0.29) is 53.2 Å². The summed E-state index contributed by atoms with van der Waals surface area (Å²) < 4.78 is 34.3. The van der Waals surface area contributed by atoms with Gasteiger partial charge in [-0.05, 0) is 99.9 Å². The van der Waals surface area contributed by atoms with Crippen molar-refractivity contribution >= 4 is 121 Å². The van der Waals surface area contributed by atoms with E-state index in [1.54, 1.807) is 148 Å². The number of methoxy groups -OCH3 is 4. The average Bonchev–Trinajstić information content (AvgIpc) is 1.63. The first-order valence-corrected chi connectivity index (χ1v) is 39.5. The van der Waals surface area contributed by atoms with Crippen LogP contribution in [0.15, 0.2) is 153 Å². The number of benzene rings is 4. The molecule has 11 aromatic heterocycles. The number of aryl methyl sites for hydroxylation is 5. The number of nitrogens with one attached hydrogen (secondary N) is 8. The van der Waals surface area contributed by atoms with Gasteiger partial charge in [-0.15, -0.1) is 5.10 Å². The van der Waals surface area contributed by atoms with Gasteiger partial charge in [0.25, 0.3) is 5.91 Å². The first-order valence-electron chi connectivity index (χ1n) is 39.5. The van der Waals surface area contributed by atoms with E-state index < -0.39 is 0 Å². The molecule has 0 spiro atoms. The van der Waals surface area contributed by atoms with Crippen LogP contribution in [-0.4, -0.2) is 178 Å². The number of fused-ring (bicyclic) bond motifs is 4. The molecule has 4 aromatic carbocycles. The van der Waals surface area contributed by atoms with E-state index in [1.807, 2.05) is 113 Å². The van der Waals surface area contributed by atoms with Gasteiger partial charge in [-0.25, -0.2) is 44.4 Å². The fourth-order valence-electron chi connectivity index (χ4n) is 13.9. The molecule has 40 nitrogen and oxygen atoms in total. The minimum Gasteiger partial charge on any atom is -0.494 e. The third kappa shape index (κ3) is 17.6. The second-order valence-corrected chi connectivity index (χ2v) is 30.0. The zero-order chi connectivity index (χ0) is 85.3. The van der Waals surface area contributed by atoms with Crippen LogP contribution in [0, 0.1) is 23.7 Å². The number of aromatic nitrogens is 22. The molecular weight excluding hydrogens is 1580 g/mol. The molecule has 0 saturated heterocycles. The maximum absolute atomic E-state index is 12.8.